The predicted octanol–water partition coefficient (Wildman–Crippen LogP) is 10.5. The van der Waals surface area contributed by atoms with Crippen molar-refractivity contribution in [2.24, 2.45) is 17.8 Å². The minimum atomic E-state index is -0.462. The zero-order valence-electron chi connectivity index (χ0n) is 24.2. The topological polar surface area (TPSA) is 38.7 Å². The molecule has 0 aliphatic carbocycles. The maximum atomic E-state index is 9.93. The summed E-state index contributed by atoms with van der Waals surface area (Å²) in [5, 5.41) is 12.2. The molecule has 3 nitrogen and oxygen atoms in total. The number of ether oxygens (including phenoxy) is 2. The Kier molecular flexibility index (Phi) is 14.3. The maximum absolute atomic E-state index is 9.93. The Balaban J connectivity index is 0.000000230. The molecule has 0 bridgehead atoms. The summed E-state index contributed by atoms with van der Waals surface area (Å²) in [6.07, 6.45) is 1.30. The summed E-state index contributed by atoms with van der Waals surface area (Å²) in [6.45, 7) is 7.27. The number of hydrogen-bond acceptors (Lipinski definition) is 3. The highest BCUT2D eigenvalue weighted by Gasteiger charge is 2.18. The Hall–Kier alpha value is -2.40. The van der Waals surface area contributed by atoms with E-state index in [1.165, 1.54) is 11.1 Å². The predicted molar refractivity (Wildman–Crippen MR) is 178 cm³/mol. The summed E-state index contributed by atoms with van der Waals surface area (Å²) in [5.74, 6) is 2.26. The molecule has 42 heavy (non-hydrogen) atoms. The molecule has 0 aliphatic rings. The van der Waals surface area contributed by atoms with Gasteiger partial charge in [0.05, 0.1) is 29.4 Å². The van der Waals surface area contributed by atoms with E-state index in [0.29, 0.717) is 56.6 Å². The number of aliphatic hydroxyl groups is 1. The first-order chi connectivity index (χ1) is 20.1. The molecular weight excluding hydrogens is 610 g/mol. The largest absolute Gasteiger partial charge is 0.492 e. The van der Waals surface area contributed by atoms with Gasteiger partial charge >= 0.3 is 0 Å². The lowest BCUT2D eigenvalue weighted by Gasteiger charge is -2.22. The highest BCUT2D eigenvalue weighted by molar-refractivity contribution is 6.36. The standard InChI is InChI=1S/C18H20Cl2O.C17H18Cl2O2/c1-13(2)15(10-14-6-4-3-5-7-14)12-21-18-9-8-16(19)11-17(18)20;1-12(20)14(9-13-5-3-2-4-6-13)11-21-17-8-7-15(18)10-16(17)19/h3-9,11,13,15H,10,12H2,1-2H3;2-8,10,12,14,20H,9,11H2,1H3/t15-;12-,14+/m10/s1. The Morgan fingerprint density at radius 3 is 1.36 bits per heavy atom. The Labute approximate surface area is 270 Å². The van der Waals surface area contributed by atoms with E-state index in [0.717, 1.165) is 12.8 Å². The Bertz CT molecular complexity index is 1240. The van der Waals surface area contributed by atoms with E-state index in [-0.39, 0.29) is 5.92 Å². The monoisotopic (exact) mass is 646 g/mol. The van der Waals surface area contributed by atoms with Gasteiger partial charge in [0.25, 0.3) is 0 Å². The van der Waals surface area contributed by atoms with E-state index < -0.39 is 6.10 Å². The zero-order chi connectivity index (χ0) is 30.5. The van der Waals surface area contributed by atoms with Crippen molar-refractivity contribution in [3.63, 3.8) is 0 Å². The normalized spacial score (nSPS) is 13.1. The molecule has 0 aromatic heterocycles. The van der Waals surface area contributed by atoms with Gasteiger partial charge in [-0.2, -0.15) is 0 Å². The second-order valence-corrected chi connectivity index (χ2v) is 12.3. The lowest BCUT2D eigenvalue weighted by Crippen LogP contribution is -2.26. The van der Waals surface area contributed by atoms with Crippen LogP contribution in [0.3, 0.4) is 0 Å². The van der Waals surface area contributed by atoms with E-state index in [4.69, 9.17) is 55.9 Å². The Morgan fingerprint density at radius 2 is 0.976 bits per heavy atom. The van der Waals surface area contributed by atoms with Crippen molar-refractivity contribution < 1.29 is 14.6 Å². The number of benzene rings is 4. The maximum Gasteiger partial charge on any atom is 0.137 e. The quantitative estimate of drug-likeness (QED) is 0.166. The number of rotatable bonds is 12. The number of aliphatic hydroxyl groups excluding tert-OH is 1. The second-order valence-electron chi connectivity index (χ2n) is 10.7. The van der Waals surface area contributed by atoms with Gasteiger partial charge in [0, 0.05) is 16.0 Å². The second kappa shape index (κ2) is 17.7. The number of halogens is 4. The van der Waals surface area contributed by atoms with Crippen LogP contribution in [0.25, 0.3) is 0 Å². The lowest BCUT2D eigenvalue weighted by atomic mass is 9.90. The van der Waals surface area contributed by atoms with Gasteiger partial charge < -0.3 is 14.6 Å². The molecule has 0 heterocycles. The van der Waals surface area contributed by atoms with Crippen LogP contribution in [0.1, 0.15) is 31.9 Å². The summed E-state index contributed by atoms with van der Waals surface area (Å²) in [5.41, 5.74) is 2.51. The summed E-state index contributed by atoms with van der Waals surface area (Å²) < 4.78 is 11.6. The van der Waals surface area contributed by atoms with Crippen LogP contribution in [0.2, 0.25) is 20.1 Å². The fraction of sp³-hybridized carbons (Fsp3) is 0.314. The smallest absolute Gasteiger partial charge is 0.137 e. The van der Waals surface area contributed by atoms with Crippen molar-refractivity contribution in [3.05, 3.63) is 128 Å². The molecule has 224 valence electrons. The summed E-state index contributed by atoms with van der Waals surface area (Å²) in [4.78, 5) is 0. The van der Waals surface area contributed by atoms with Gasteiger partial charge in [0.2, 0.25) is 0 Å². The molecule has 4 aromatic rings. The molecular formula is C35H38Cl4O3. The van der Waals surface area contributed by atoms with Gasteiger partial charge in [-0.1, -0.05) is 121 Å². The fourth-order valence-electron chi connectivity index (χ4n) is 4.27. The molecule has 0 unspecified atom stereocenters. The van der Waals surface area contributed by atoms with Gasteiger partial charge in [-0.15, -0.1) is 0 Å². The molecule has 0 radical (unpaired) electrons. The van der Waals surface area contributed by atoms with E-state index in [2.05, 4.69) is 38.1 Å². The van der Waals surface area contributed by atoms with Gasteiger partial charge in [0.15, 0.2) is 0 Å². The van der Waals surface area contributed by atoms with Crippen LogP contribution in [0.5, 0.6) is 11.5 Å². The summed E-state index contributed by atoms with van der Waals surface area (Å²) in [7, 11) is 0. The highest BCUT2D eigenvalue weighted by atomic mass is 35.5. The van der Waals surface area contributed by atoms with Crippen LogP contribution in [0.4, 0.5) is 0 Å². The first-order valence-corrected chi connectivity index (χ1v) is 15.5. The lowest BCUT2D eigenvalue weighted by molar-refractivity contribution is 0.0889. The van der Waals surface area contributed by atoms with Gasteiger partial charge in [-0.05, 0) is 79.1 Å². The molecule has 0 spiro atoms. The molecule has 0 fully saturated rings. The molecule has 4 aromatic carbocycles. The minimum absolute atomic E-state index is 0.000792. The van der Waals surface area contributed by atoms with Crippen LogP contribution >= 0.6 is 46.4 Å². The molecule has 0 saturated carbocycles. The van der Waals surface area contributed by atoms with Crippen molar-refractivity contribution >= 4 is 46.4 Å². The fourth-order valence-corrected chi connectivity index (χ4v) is 5.19. The molecule has 1 N–H and O–H groups in total. The van der Waals surface area contributed by atoms with E-state index in [1.54, 1.807) is 37.3 Å². The first-order valence-electron chi connectivity index (χ1n) is 14.0. The highest BCUT2D eigenvalue weighted by Crippen LogP contribution is 2.30. The van der Waals surface area contributed by atoms with Crippen molar-refractivity contribution in [3.8, 4) is 11.5 Å². The zero-order valence-corrected chi connectivity index (χ0v) is 27.2. The van der Waals surface area contributed by atoms with Gasteiger partial charge in [-0.3, -0.25) is 0 Å². The molecule has 0 aliphatic heterocycles. The summed E-state index contributed by atoms with van der Waals surface area (Å²) in [6, 6.07) is 31.0. The van der Waals surface area contributed by atoms with E-state index in [9.17, 15) is 5.11 Å². The molecule has 0 saturated heterocycles. The average molecular weight is 648 g/mol. The third-order valence-electron chi connectivity index (χ3n) is 7.00. The van der Waals surface area contributed by atoms with Crippen LogP contribution < -0.4 is 9.47 Å². The van der Waals surface area contributed by atoms with Crippen molar-refractivity contribution in [1.29, 1.82) is 0 Å². The third kappa shape index (κ3) is 11.7. The molecule has 0 amide bonds. The van der Waals surface area contributed by atoms with Crippen molar-refractivity contribution in [1.82, 2.24) is 0 Å². The van der Waals surface area contributed by atoms with Crippen molar-refractivity contribution in [2.75, 3.05) is 13.2 Å². The van der Waals surface area contributed by atoms with Crippen molar-refractivity contribution in [2.45, 2.75) is 39.7 Å². The third-order valence-corrected chi connectivity index (χ3v) is 8.06. The van der Waals surface area contributed by atoms with Gasteiger partial charge in [0.1, 0.15) is 11.5 Å². The van der Waals surface area contributed by atoms with Crippen LogP contribution in [0.15, 0.2) is 97.1 Å². The van der Waals surface area contributed by atoms with Crippen LogP contribution in [-0.4, -0.2) is 24.4 Å². The summed E-state index contributed by atoms with van der Waals surface area (Å²) >= 11 is 24.0. The van der Waals surface area contributed by atoms with Crippen LogP contribution in [0, 0.1) is 17.8 Å². The minimum Gasteiger partial charge on any atom is -0.492 e. The van der Waals surface area contributed by atoms with E-state index in [1.807, 2.05) is 42.5 Å². The average Bonchev–Trinajstić information content (AvgIpc) is 2.96. The Morgan fingerprint density at radius 1 is 0.571 bits per heavy atom. The van der Waals surface area contributed by atoms with Crippen LogP contribution in [-0.2, 0) is 12.8 Å². The molecule has 4 rings (SSSR count). The molecule has 7 heteroatoms. The SMILES string of the molecule is CC(C)[C@@H](COc1ccc(Cl)cc1Cl)Cc1ccccc1.C[C@H](O)[C@@H](COc1ccc(Cl)cc1Cl)Cc1ccccc1. The van der Waals surface area contributed by atoms with E-state index >= 15 is 0 Å². The number of hydrogen-bond donors (Lipinski definition) is 1. The first kappa shape index (κ1) is 34.1. The molecule has 3 atom stereocenters. The van der Waals surface area contributed by atoms with Gasteiger partial charge in [-0.25, -0.2) is 0 Å².